The number of thioether (sulfide) groups is 1. The Labute approximate surface area is 96.6 Å². The molecule has 0 aliphatic carbocycles. The Kier molecular flexibility index (Phi) is 2.79. The first kappa shape index (κ1) is 10.6. The van der Waals surface area contributed by atoms with Gasteiger partial charge in [-0.15, -0.1) is 0 Å². The zero-order valence-corrected chi connectivity index (χ0v) is 9.47. The number of thiocarbonyl (C=S) groups is 1. The first-order valence-corrected chi connectivity index (χ1v) is 5.73. The predicted octanol–water partition coefficient (Wildman–Crippen LogP) is 0.717. The van der Waals surface area contributed by atoms with Crippen molar-refractivity contribution < 1.29 is 14.3 Å². The van der Waals surface area contributed by atoms with Crippen LogP contribution in [0.1, 0.15) is 6.42 Å². The van der Waals surface area contributed by atoms with Crippen LogP contribution in [0.15, 0.2) is 12.7 Å². The second-order valence-electron chi connectivity index (χ2n) is 3.22. The molecule has 2 rings (SSSR count). The Morgan fingerprint density at radius 2 is 2.53 bits per heavy atom. The van der Waals surface area contributed by atoms with Gasteiger partial charge in [0.25, 0.3) is 0 Å². The number of carbonyl (C=O) groups is 2. The maximum Gasteiger partial charge on any atom is 0.335 e. The van der Waals surface area contributed by atoms with Crippen molar-refractivity contribution in [2.75, 3.05) is 6.61 Å². The number of β-lactam (4-membered cyclic amide) rings is 1. The topological polar surface area (TPSA) is 46.6 Å². The van der Waals surface area contributed by atoms with Crippen LogP contribution in [0.2, 0.25) is 0 Å². The third-order valence-corrected chi connectivity index (χ3v) is 3.90. The maximum absolute atomic E-state index is 11.6. The molecule has 80 valence electrons. The molecule has 0 radical (unpaired) electrons. The van der Waals surface area contributed by atoms with Gasteiger partial charge < -0.3 is 9.64 Å². The summed E-state index contributed by atoms with van der Waals surface area (Å²) in [5.74, 6) is -0.490. The van der Waals surface area contributed by atoms with Gasteiger partial charge >= 0.3 is 5.97 Å². The molecule has 0 aromatic heterocycles. The molecule has 2 atom stereocenters. The van der Waals surface area contributed by atoms with Gasteiger partial charge in [0.2, 0.25) is 5.91 Å². The number of rotatable bonds is 3. The van der Waals surface area contributed by atoms with Gasteiger partial charge in [-0.2, -0.15) is 0 Å². The van der Waals surface area contributed by atoms with Gasteiger partial charge in [0.1, 0.15) is 6.61 Å². The lowest BCUT2D eigenvalue weighted by molar-refractivity contribution is -0.156. The van der Waals surface area contributed by atoms with E-state index in [1.165, 1.54) is 22.7 Å². The Morgan fingerprint density at radius 3 is 3.13 bits per heavy atom. The number of hydrogen-bond acceptors (Lipinski definition) is 5. The minimum atomic E-state index is -0.670. The van der Waals surface area contributed by atoms with E-state index < -0.39 is 12.0 Å². The number of hydrogen-bond donors (Lipinski definition) is 0. The summed E-state index contributed by atoms with van der Waals surface area (Å²) in [5, 5.41) is 0.0475. The van der Waals surface area contributed by atoms with Crippen LogP contribution in [-0.2, 0) is 14.3 Å². The molecule has 2 aliphatic rings. The molecule has 2 aliphatic heterocycles. The molecule has 6 heteroatoms. The largest absolute Gasteiger partial charge is 0.460 e. The number of esters is 1. The maximum atomic E-state index is 11.6. The lowest BCUT2D eigenvalue weighted by Crippen LogP contribution is -2.55. The van der Waals surface area contributed by atoms with Crippen LogP contribution in [-0.4, -0.2) is 39.0 Å². The molecular formula is C9H9NO3S2. The average Bonchev–Trinajstić information content (AvgIpc) is 2.46. The molecule has 4 nitrogen and oxygen atoms in total. The van der Waals surface area contributed by atoms with Crippen LogP contribution < -0.4 is 0 Å². The number of amides is 1. The lowest BCUT2D eigenvalue weighted by Gasteiger charge is -2.35. The Balaban J connectivity index is 2.07. The molecule has 0 bridgehead atoms. The van der Waals surface area contributed by atoms with Crippen molar-refractivity contribution >= 4 is 40.1 Å². The molecule has 1 amide bonds. The van der Waals surface area contributed by atoms with E-state index in [4.69, 9.17) is 17.0 Å². The fourth-order valence-electron chi connectivity index (χ4n) is 1.55. The van der Waals surface area contributed by atoms with Gasteiger partial charge in [-0.1, -0.05) is 36.6 Å². The molecule has 2 fully saturated rings. The summed E-state index contributed by atoms with van der Waals surface area (Å²) in [6.45, 7) is 3.59. The summed E-state index contributed by atoms with van der Waals surface area (Å²) in [4.78, 5) is 24.4. The standard InChI is InChI=1S/C9H9NO3S2/c1-2-3-13-8(12)7-9(14)15-6-4-5(11)10(6)7/h2,6-7H,1,3-4H2/t6-,7?/m1/s1. The summed E-state index contributed by atoms with van der Waals surface area (Å²) in [5.41, 5.74) is 0. The second kappa shape index (κ2) is 3.94. The highest BCUT2D eigenvalue weighted by molar-refractivity contribution is 8.24. The molecule has 0 N–H and O–H groups in total. The van der Waals surface area contributed by atoms with Crippen LogP contribution in [0.25, 0.3) is 0 Å². The molecule has 0 aromatic carbocycles. The zero-order chi connectivity index (χ0) is 11.0. The van der Waals surface area contributed by atoms with Gasteiger partial charge in [0.15, 0.2) is 6.04 Å². The molecule has 0 aromatic rings. The van der Waals surface area contributed by atoms with E-state index in [2.05, 4.69) is 6.58 Å². The minimum Gasteiger partial charge on any atom is -0.460 e. The molecule has 2 saturated heterocycles. The van der Waals surface area contributed by atoms with Crippen LogP contribution in [0.5, 0.6) is 0 Å². The van der Waals surface area contributed by atoms with Crippen LogP contribution in [0.4, 0.5) is 0 Å². The predicted molar refractivity (Wildman–Crippen MR) is 60.4 cm³/mol. The lowest BCUT2D eigenvalue weighted by atomic mass is 10.1. The van der Waals surface area contributed by atoms with E-state index in [0.717, 1.165) is 0 Å². The van der Waals surface area contributed by atoms with Crippen molar-refractivity contribution in [3.63, 3.8) is 0 Å². The Bertz CT molecular complexity index is 355. The van der Waals surface area contributed by atoms with Crippen LogP contribution >= 0.6 is 24.0 Å². The fourth-order valence-corrected chi connectivity index (χ4v) is 3.28. The van der Waals surface area contributed by atoms with Crippen LogP contribution in [0.3, 0.4) is 0 Å². The second-order valence-corrected chi connectivity index (χ2v) is 5.14. The normalized spacial score (nSPS) is 28.4. The van der Waals surface area contributed by atoms with Gasteiger partial charge in [0, 0.05) is 0 Å². The summed E-state index contributed by atoms with van der Waals surface area (Å²) < 4.78 is 5.42. The third-order valence-electron chi connectivity index (χ3n) is 2.27. The molecular weight excluding hydrogens is 234 g/mol. The van der Waals surface area contributed by atoms with E-state index in [1.54, 1.807) is 0 Å². The first-order chi connectivity index (χ1) is 7.15. The number of fused-ring (bicyclic) bond motifs is 1. The number of ether oxygens (including phenoxy) is 1. The summed E-state index contributed by atoms with van der Waals surface area (Å²) in [7, 11) is 0. The zero-order valence-electron chi connectivity index (χ0n) is 7.84. The Morgan fingerprint density at radius 1 is 1.80 bits per heavy atom. The van der Waals surface area contributed by atoms with Crippen molar-refractivity contribution in [1.29, 1.82) is 0 Å². The van der Waals surface area contributed by atoms with Crippen molar-refractivity contribution in [1.82, 2.24) is 4.90 Å². The summed E-state index contributed by atoms with van der Waals surface area (Å²) in [6, 6.07) is -0.670. The molecule has 15 heavy (non-hydrogen) atoms. The molecule has 2 heterocycles. The van der Waals surface area contributed by atoms with E-state index in [0.29, 0.717) is 10.6 Å². The molecule has 0 saturated carbocycles. The van der Waals surface area contributed by atoms with Crippen molar-refractivity contribution in [2.24, 2.45) is 0 Å². The SMILES string of the molecule is C=CCOC(=O)C1C(=S)S[C@@H]2CC(=O)N12. The fraction of sp³-hybridized carbons (Fsp3) is 0.444. The average molecular weight is 243 g/mol. The van der Waals surface area contributed by atoms with E-state index in [9.17, 15) is 9.59 Å². The van der Waals surface area contributed by atoms with Crippen molar-refractivity contribution in [3.8, 4) is 0 Å². The highest BCUT2D eigenvalue weighted by atomic mass is 32.2. The van der Waals surface area contributed by atoms with Crippen molar-refractivity contribution in [3.05, 3.63) is 12.7 Å². The van der Waals surface area contributed by atoms with Crippen LogP contribution in [0, 0.1) is 0 Å². The highest BCUT2D eigenvalue weighted by Crippen LogP contribution is 2.41. The Hall–Kier alpha value is -0.880. The summed E-state index contributed by atoms with van der Waals surface area (Å²) >= 11 is 6.46. The van der Waals surface area contributed by atoms with E-state index >= 15 is 0 Å². The van der Waals surface area contributed by atoms with Gasteiger partial charge in [0.05, 0.1) is 16.0 Å². The monoisotopic (exact) mass is 243 g/mol. The van der Waals surface area contributed by atoms with E-state index in [-0.39, 0.29) is 17.9 Å². The van der Waals surface area contributed by atoms with Gasteiger partial charge in [-0.3, -0.25) is 4.79 Å². The highest BCUT2D eigenvalue weighted by Gasteiger charge is 2.53. The number of nitrogens with zero attached hydrogens (tertiary/aromatic N) is 1. The number of carbonyl (C=O) groups excluding carboxylic acids is 2. The minimum absolute atomic E-state index is 0.0343. The first-order valence-electron chi connectivity index (χ1n) is 4.44. The van der Waals surface area contributed by atoms with Gasteiger partial charge in [-0.05, 0) is 0 Å². The van der Waals surface area contributed by atoms with Crippen molar-refractivity contribution in [2.45, 2.75) is 17.8 Å². The summed E-state index contributed by atoms with van der Waals surface area (Å²) in [6.07, 6.45) is 1.95. The molecule has 0 spiro atoms. The third kappa shape index (κ3) is 1.68. The quantitative estimate of drug-likeness (QED) is 0.316. The van der Waals surface area contributed by atoms with E-state index in [1.807, 2.05) is 0 Å². The molecule has 1 unspecified atom stereocenters. The van der Waals surface area contributed by atoms with Gasteiger partial charge in [-0.25, -0.2) is 4.79 Å². The smallest absolute Gasteiger partial charge is 0.335 e.